The van der Waals surface area contributed by atoms with Crippen LogP contribution in [-0.4, -0.2) is 42.9 Å². The van der Waals surface area contributed by atoms with Crippen molar-refractivity contribution in [3.63, 3.8) is 0 Å². The Hall–Kier alpha value is -2.44. The van der Waals surface area contributed by atoms with Crippen LogP contribution in [0.3, 0.4) is 0 Å². The van der Waals surface area contributed by atoms with Gasteiger partial charge in [-0.1, -0.05) is 31.2 Å². The van der Waals surface area contributed by atoms with Crippen LogP contribution in [0.2, 0.25) is 0 Å². The zero-order valence-corrected chi connectivity index (χ0v) is 18.0. The molecule has 2 amide bonds. The van der Waals surface area contributed by atoms with E-state index in [0.29, 0.717) is 31.5 Å². The van der Waals surface area contributed by atoms with Crippen molar-refractivity contribution in [3.05, 3.63) is 71.0 Å². The second-order valence-corrected chi connectivity index (χ2v) is 7.27. The van der Waals surface area contributed by atoms with Crippen LogP contribution >= 0.6 is 12.4 Å². The summed E-state index contributed by atoms with van der Waals surface area (Å²) in [5.74, 6) is -0.525. The Morgan fingerprint density at radius 2 is 1.83 bits per heavy atom. The number of halogens is 2. The number of hydrogen-bond donors (Lipinski definition) is 2. The van der Waals surface area contributed by atoms with Crippen LogP contribution in [-0.2, 0) is 11.2 Å². The van der Waals surface area contributed by atoms with E-state index < -0.39 is 0 Å². The molecule has 7 heteroatoms. The van der Waals surface area contributed by atoms with Crippen LogP contribution in [0.4, 0.5) is 4.39 Å². The topological polar surface area (TPSA) is 61.4 Å². The molecule has 1 fully saturated rings. The van der Waals surface area contributed by atoms with E-state index in [2.05, 4.69) is 41.8 Å². The van der Waals surface area contributed by atoms with E-state index in [4.69, 9.17) is 0 Å². The number of amides is 2. The molecule has 0 radical (unpaired) electrons. The summed E-state index contributed by atoms with van der Waals surface area (Å²) in [7, 11) is 0. The van der Waals surface area contributed by atoms with Crippen molar-refractivity contribution in [1.29, 1.82) is 0 Å². The van der Waals surface area contributed by atoms with Crippen LogP contribution in [0.5, 0.6) is 0 Å². The van der Waals surface area contributed by atoms with Gasteiger partial charge in [0.1, 0.15) is 5.82 Å². The Bertz CT molecular complexity index is 827. The Kier molecular flexibility index (Phi) is 9.27. The fourth-order valence-corrected chi connectivity index (χ4v) is 3.56. The standard InChI is InChI=1S/C23H28FN3O2.ClH/c1-2-17-5-7-18(8-6-17)21-16-25-14-15-27(21)22(28)4-3-13-26-23(29)19-9-11-20(24)12-10-19;/h5-12,21,25H,2-4,13-16H2,1H3,(H,26,29);1H. The molecule has 0 bridgehead atoms. The molecule has 162 valence electrons. The monoisotopic (exact) mass is 433 g/mol. The van der Waals surface area contributed by atoms with Gasteiger partial charge in [0, 0.05) is 38.2 Å². The zero-order chi connectivity index (χ0) is 20.6. The quantitative estimate of drug-likeness (QED) is 0.657. The van der Waals surface area contributed by atoms with Crippen molar-refractivity contribution in [3.8, 4) is 0 Å². The lowest BCUT2D eigenvalue weighted by Gasteiger charge is -2.36. The molecule has 1 unspecified atom stereocenters. The Balaban J connectivity index is 0.00000320. The summed E-state index contributed by atoms with van der Waals surface area (Å²) >= 11 is 0. The molecule has 1 atom stereocenters. The van der Waals surface area contributed by atoms with Gasteiger partial charge in [-0.2, -0.15) is 0 Å². The molecule has 1 aliphatic rings. The maximum atomic E-state index is 12.9. The van der Waals surface area contributed by atoms with Gasteiger partial charge < -0.3 is 15.5 Å². The van der Waals surface area contributed by atoms with Gasteiger partial charge in [0.2, 0.25) is 5.91 Å². The molecule has 0 spiro atoms. The summed E-state index contributed by atoms with van der Waals surface area (Å²) in [5, 5.41) is 6.16. The van der Waals surface area contributed by atoms with E-state index in [1.54, 1.807) is 0 Å². The average Bonchev–Trinajstić information content (AvgIpc) is 2.77. The third-order valence-corrected chi connectivity index (χ3v) is 5.30. The van der Waals surface area contributed by atoms with Gasteiger partial charge in [0.05, 0.1) is 6.04 Å². The molecule has 30 heavy (non-hydrogen) atoms. The maximum Gasteiger partial charge on any atom is 0.251 e. The van der Waals surface area contributed by atoms with Crippen LogP contribution in [0.25, 0.3) is 0 Å². The number of nitrogens with one attached hydrogen (secondary N) is 2. The molecule has 3 rings (SSSR count). The van der Waals surface area contributed by atoms with Crippen LogP contribution in [0.15, 0.2) is 48.5 Å². The number of carbonyl (C=O) groups is 2. The number of nitrogens with zero attached hydrogens (tertiary/aromatic N) is 1. The number of hydrogen-bond acceptors (Lipinski definition) is 3. The first-order valence-corrected chi connectivity index (χ1v) is 10.2. The predicted molar refractivity (Wildman–Crippen MR) is 118 cm³/mol. The van der Waals surface area contributed by atoms with E-state index in [1.165, 1.54) is 29.8 Å². The van der Waals surface area contributed by atoms with Gasteiger partial charge in [0.25, 0.3) is 5.91 Å². The lowest BCUT2D eigenvalue weighted by atomic mass is 10.0. The van der Waals surface area contributed by atoms with Crippen LogP contribution in [0.1, 0.15) is 47.3 Å². The molecule has 0 aromatic heterocycles. The van der Waals surface area contributed by atoms with Gasteiger partial charge >= 0.3 is 0 Å². The highest BCUT2D eigenvalue weighted by atomic mass is 35.5. The molecule has 2 aromatic rings. The SMILES string of the molecule is CCc1ccc(C2CNCCN2C(=O)CCCNC(=O)c2ccc(F)cc2)cc1.Cl. The Labute approximate surface area is 183 Å². The molecule has 2 N–H and O–H groups in total. The van der Waals surface area contributed by atoms with Gasteiger partial charge in [-0.3, -0.25) is 9.59 Å². The van der Waals surface area contributed by atoms with Crippen molar-refractivity contribution < 1.29 is 14.0 Å². The minimum Gasteiger partial charge on any atom is -0.352 e. The molecule has 1 saturated heterocycles. The predicted octanol–water partition coefficient (Wildman–Crippen LogP) is 3.49. The van der Waals surface area contributed by atoms with E-state index in [9.17, 15) is 14.0 Å². The first-order chi connectivity index (χ1) is 14.1. The summed E-state index contributed by atoms with van der Waals surface area (Å²) in [4.78, 5) is 26.8. The highest BCUT2D eigenvalue weighted by molar-refractivity contribution is 5.94. The molecule has 5 nitrogen and oxygen atoms in total. The number of rotatable bonds is 7. The van der Waals surface area contributed by atoms with Gasteiger partial charge in [-0.25, -0.2) is 4.39 Å². The average molecular weight is 434 g/mol. The van der Waals surface area contributed by atoms with Crippen molar-refractivity contribution in [2.75, 3.05) is 26.2 Å². The molecular weight excluding hydrogens is 405 g/mol. The fourth-order valence-electron chi connectivity index (χ4n) is 3.56. The fraction of sp³-hybridized carbons (Fsp3) is 0.391. The summed E-state index contributed by atoms with van der Waals surface area (Å²) in [6.07, 6.45) is 1.94. The normalized spacial score (nSPS) is 15.9. The lowest BCUT2D eigenvalue weighted by molar-refractivity contribution is -0.134. The highest BCUT2D eigenvalue weighted by Crippen LogP contribution is 2.23. The number of piperazine rings is 1. The first-order valence-electron chi connectivity index (χ1n) is 10.2. The third kappa shape index (κ3) is 6.28. The summed E-state index contributed by atoms with van der Waals surface area (Å²) in [6, 6.07) is 13.9. The number of aryl methyl sites for hydroxylation is 1. The maximum absolute atomic E-state index is 12.9. The van der Waals surface area contributed by atoms with Crippen molar-refractivity contribution in [1.82, 2.24) is 15.5 Å². The van der Waals surface area contributed by atoms with E-state index >= 15 is 0 Å². The van der Waals surface area contributed by atoms with Gasteiger partial charge in [0.15, 0.2) is 0 Å². The van der Waals surface area contributed by atoms with E-state index in [1.807, 2.05) is 4.90 Å². The minimum absolute atomic E-state index is 0. The summed E-state index contributed by atoms with van der Waals surface area (Å²) < 4.78 is 12.9. The molecule has 0 aliphatic carbocycles. The summed E-state index contributed by atoms with van der Waals surface area (Å²) in [6.45, 7) is 4.75. The van der Waals surface area contributed by atoms with Crippen molar-refractivity contribution >= 4 is 24.2 Å². The molecule has 1 aliphatic heterocycles. The molecular formula is C23H29ClFN3O2. The largest absolute Gasteiger partial charge is 0.352 e. The molecule has 2 aromatic carbocycles. The number of carbonyl (C=O) groups excluding carboxylic acids is 2. The van der Waals surface area contributed by atoms with Gasteiger partial charge in [-0.15, -0.1) is 12.4 Å². The van der Waals surface area contributed by atoms with Gasteiger partial charge in [-0.05, 0) is 48.2 Å². The smallest absolute Gasteiger partial charge is 0.251 e. The molecule has 0 saturated carbocycles. The second kappa shape index (κ2) is 11.7. The number of benzene rings is 2. The second-order valence-electron chi connectivity index (χ2n) is 7.27. The highest BCUT2D eigenvalue weighted by Gasteiger charge is 2.27. The van der Waals surface area contributed by atoms with Crippen LogP contribution in [0, 0.1) is 5.82 Å². The van der Waals surface area contributed by atoms with E-state index in [-0.39, 0.29) is 36.1 Å². The lowest BCUT2D eigenvalue weighted by Crippen LogP contribution is -2.48. The first kappa shape index (κ1) is 23.8. The Morgan fingerprint density at radius 1 is 1.13 bits per heavy atom. The third-order valence-electron chi connectivity index (χ3n) is 5.30. The minimum atomic E-state index is -0.373. The Morgan fingerprint density at radius 3 is 2.50 bits per heavy atom. The zero-order valence-electron chi connectivity index (χ0n) is 17.2. The summed E-state index contributed by atoms with van der Waals surface area (Å²) in [5.41, 5.74) is 2.84. The van der Waals surface area contributed by atoms with E-state index in [0.717, 1.165) is 25.1 Å². The molecule has 1 heterocycles. The van der Waals surface area contributed by atoms with Crippen molar-refractivity contribution in [2.45, 2.75) is 32.2 Å². The van der Waals surface area contributed by atoms with Crippen LogP contribution < -0.4 is 10.6 Å². The van der Waals surface area contributed by atoms with Crippen molar-refractivity contribution in [2.24, 2.45) is 0 Å².